The molecule has 0 fully saturated rings. The molecule has 0 aromatic heterocycles. The minimum absolute atomic E-state index is 0.0416. The molecule has 0 spiro atoms. The van der Waals surface area contributed by atoms with Crippen molar-refractivity contribution in [3.63, 3.8) is 0 Å². The Bertz CT molecular complexity index is 898. The zero-order chi connectivity index (χ0) is 19.4. The van der Waals surface area contributed by atoms with Gasteiger partial charge in [-0.15, -0.1) is 0 Å². The fourth-order valence-electron chi connectivity index (χ4n) is 2.95. The molecule has 6 nitrogen and oxygen atoms in total. The van der Waals surface area contributed by atoms with E-state index in [2.05, 4.69) is 16.0 Å². The quantitative estimate of drug-likeness (QED) is 0.682. The average Bonchev–Trinajstić information content (AvgIpc) is 2.96. The van der Waals surface area contributed by atoms with Crippen LogP contribution >= 0.6 is 0 Å². The van der Waals surface area contributed by atoms with Crippen LogP contribution in [-0.4, -0.2) is 30.8 Å². The first-order valence-electron chi connectivity index (χ1n) is 8.66. The summed E-state index contributed by atoms with van der Waals surface area (Å²) in [4.78, 5) is 36.1. The van der Waals surface area contributed by atoms with E-state index in [4.69, 9.17) is 0 Å². The summed E-state index contributed by atoms with van der Waals surface area (Å²) in [5.41, 5.74) is 2.24. The van der Waals surface area contributed by atoms with E-state index in [9.17, 15) is 18.8 Å². The third-order valence-electron chi connectivity index (χ3n) is 4.47. The SMILES string of the molecule is Cc1ccc(C(=O)NCCNC(=O)CC2C(=O)Nc3ccccc32)cc1F. The number of carbonyl (C=O) groups is 3. The summed E-state index contributed by atoms with van der Waals surface area (Å²) in [6.45, 7) is 2.04. The van der Waals surface area contributed by atoms with Gasteiger partial charge in [0.2, 0.25) is 11.8 Å². The number of para-hydroxylation sites is 1. The van der Waals surface area contributed by atoms with Crippen molar-refractivity contribution < 1.29 is 18.8 Å². The van der Waals surface area contributed by atoms with Crippen molar-refractivity contribution in [2.75, 3.05) is 18.4 Å². The Morgan fingerprint density at radius 2 is 1.85 bits per heavy atom. The molecule has 0 bridgehead atoms. The summed E-state index contributed by atoms with van der Waals surface area (Å²) < 4.78 is 13.5. The lowest BCUT2D eigenvalue weighted by molar-refractivity contribution is -0.125. The van der Waals surface area contributed by atoms with Gasteiger partial charge in [-0.2, -0.15) is 0 Å². The first-order chi connectivity index (χ1) is 13.0. The van der Waals surface area contributed by atoms with E-state index in [1.165, 1.54) is 12.1 Å². The highest BCUT2D eigenvalue weighted by molar-refractivity contribution is 6.04. The number of rotatable bonds is 6. The molecule has 0 radical (unpaired) electrons. The lowest BCUT2D eigenvalue weighted by atomic mass is 9.97. The highest BCUT2D eigenvalue weighted by atomic mass is 19.1. The van der Waals surface area contributed by atoms with Crippen molar-refractivity contribution in [2.24, 2.45) is 0 Å². The molecule has 27 heavy (non-hydrogen) atoms. The molecule has 1 atom stereocenters. The molecule has 1 heterocycles. The van der Waals surface area contributed by atoms with E-state index in [1.807, 2.05) is 18.2 Å². The fourth-order valence-corrected chi connectivity index (χ4v) is 2.95. The number of aryl methyl sites for hydroxylation is 1. The summed E-state index contributed by atoms with van der Waals surface area (Å²) in [5.74, 6) is -1.83. The number of nitrogens with one attached hydrogen (secondary N) is 3. The maximum absolute atomic E-state index is 13.5. The predicted octanol–water partition coefficient (Wildman–Crippen LogP) is 2.11. The Morgan fingerprint density at radius 1 is 1.11 bits per heavy atom. The third kappa shape index (κ3) is 4.31. The first kappa shape index (κ1) is 18.6. The molecule has 1 unspecified atom stereocenters. The van der Waals surface area contributed by atoms with E-state index in [1.54, 1.807) is 19.1 Å². The molecule has 3 rings (SSSR count). The van der Waals surface area contributed by atoms with E-state index in [-0.39, 0.29) is 36.9 Å². The summed E-state index contributed by atoms with van der Waals surface area (Å²) in [6, 6.07) is 11.5. The van der Waals surface area contributed by atoms with E-state index in [0.717, 1.165) is 11.3 Å². The molecular formula is C20H20FN3O3. The van der Waals surface area contributed by atoms with E-state index in [0.29, 0.717) is 5.56 Å². The summed E-state index contributed by atoms with van der Waals surface area (Å²) in [7, 11) is 0. The number of benzene rings is 2. The minimum Gasteiger partial charge on any atom is -0.354 e. The topological polar surface area (TPSA) is 87.3 Å². The average molecular weight is 369 g/mol. The van der Waals surface area contributed by atoms with Crippen LogP contribution < -0.4 is 16.0 Å². The molecule has 0 aliphatic carbocycles. The largest absolute Gasteiger partial charge is 0.354 e. The molecule has 140 valence electrons. The van der Waals surface area contributed by atoms with Gasteiger partial charge in [0.25, 0.3) is 5.91 Å². The Kier molecular flexibility index (Phi) is 5.49. The Labute approximate surface area is 156 Å². The molecule has 0 saturated heterocycles. The first-order valence-corrected chi connectivity index (χ1v) is 8.66. The van der Waals surface area contributed by atoms with Gasteiger partial charge in [-0.25, -0.2) is 4.39 Å². The Morgan fingerprint density at radius 3 is 2.63 bits per heavy atom. The van der Waals surface area contributed by atoms with Crippen LogP contribution in [0.3, 0.4) is 0 Å². The number of fused-ring (bicyclic) bond motifs is 1. The number of halogens is 1. The maximum Gasteiger partial charge on any atom is 0.251 e. The van der Waals surface area contributed by atoms with Crippen LogP contribution in [0.2, 0.25) is 0 Å². The second-order valence-corrected chi connectivity index (χ2v) is 6.40. The second kappa shape index (κ2) is 7.99. The van der Waals surface area contributed by atoms with Crippen LogP contribution in [-0.2, 0) is 9.59 Å². The van der Waals surface area contributed by atoms with E-state index >= 15 is 0 Å². The molecule has 1 aliphatic heterocycles. The lowest BCUT2D eigenvalue weighted by Gasteiger charge is -2.10. The summed E-state index contributed by atoms with van der Waals surface area (Å²) in [6.07, 6.45) is 0.0416. The van der Waals surface area contributed by atoms with Crippen LogP contribution in [0.5, 0.6) is 0 Å². The number of hydrogen-bond acceptors (Lipinski definition) is 3. The van der Waals surface area contributed by atoms with Crippen LogP contribution in [0.25, 0.3) is 0 Å². The maximum atomic E-state index is 13.5. The van der Waals surface area contributed by atoms with Gasteiger partial charge in [0.1, 0.15) is 5.82 Å². The minimum atomic E-state index is -0.508. The van der Waals surface area contributed by atoms with Gasteiger partial charge in [-0.05, 0) is 36.2 Å². The Balaban J connectivity index is 1.44. The Hall–Kier alpha value is -3.22. The molecular weight excluding hydrogens is 349 g/mol. The van der Waals surface area contributed by atoms with Crippen LogP contribution in [0.4, 0.5) is 10.1 Å². The molecule has 0 saturated carbocycles. The zero-order valence-electron chi connectivity index (χ0n) is 14.8. The standard InChI is InChI=1S/C20H20FN3O3/c1-12-6-7-13(10-16(12)21)19(26)23-9-8-22-18(25)11-15-14-4-2-3-5-17(14)24-20(15)27/h2-7,10,15H,8-9,11H2,1H3,(H,22,25)(H,23,26)(H,24,27). The monoisotopic (exact) mass is 369 g/mol. The van der Waals surface area contributed by atoms with Gasteiger partial charge < -0.3 is 16.0 Å². The normalized spacial score (nSPS) is 15.0. The van der Waals surface area contributed by atoms with Crippen molar-refractivity contribution >= 4 is 23.4 Å². The molecule has 2 aromatic carbocycles. The van der Waals surface area contributed by atoms with Crippen molar-refractivity contribution in [3.8, 4) is 0 Å². The zero-order valence-corrected chi connectivity index (χ0v) is 14.8. The molecule has 2 aromatic rings. The highest BCUT2D eigenvalue weighted by Crippen LogP contribution is 2.34. The van der Waals surface area contributed by atoms with Gasteiger partial charge in [-0.1, -0.05) is 24.3 Å². The van der Waals surface area contributed by atoms with Gasteiger partial charge in [-0.3, -0.25) is 14.4 Å². The number of anilines is 1. The third-order valence-corrected chi connectivity index (χ3v) is 4.47. The van der Waals surface area contributed by atoms with Gasteiger partial charge >= 0.3 is 0 Å². The highest BCUT2D eigenvalue weighted by Gasteiger charge is 2.31. The molecule has 7 heteroatoms. The van der Waals surface area contributed by atoms with Crippen molar-refractivity contribution in [1.82, 2.24) is 10.6 Å². The van der Waals surface area contributed by atoms with E-state index < -0.39 is 17.6 Å². The van der Waals surface area contributed by atoms with Gasteiger partial charge in [0, 0.05) is 30.8 Å². The fraction of sp³-hybridized carbons (Fsp3) is 0.250. The van der Waals surface area contributed by atoms with Crippen LogP contribution in [0, 0.1) is 12.7 Å². The smallest absolute Gasteiger partial charge is 0.251 e. The second-order valence-electron chi connectivity index (χ2n) is 6.40. The lowest BCUT2D eigenvalue weighted by Crippen LogP contribution is -2.35. The van der Waals surface area contributed by atoms with Crippen LogP contribution in [0.15, 0.2) is 42.5 Å². The summed E-state index contributed by atoms with van der Waals surface area (Å²) >= 11 is 0. The molecule has 3 N–H and O–H groups in total. The number of hydrogen-bond donors (Lipinski definition) is 3. The van der Waals surface area contributed by atoms with Crippen LogP contribution in [0.1, 0.15) is 33.8 Å². The predicted molar refractivity (Wildman–Crippen MR) is 98.9 cm³/mol. The molecule has 3 amide bonds. The van der Waals surface area contributed by atoms with Crippen molar-refractivity contribution in [2.45, 2.75) is 19.3 Å². The van der Waals surface area contributed by atoms with Gasteiger partial charge in [0.05, 0.1) is 5.92 Å². The number of amides is 3. The molecule has 1 aliphatic rings. The summed E-state index contributed by atoms with van der Waals surface area (Å²) in [5, 5.41) is 8.06. The van der Waals surface area contributed by atoms with Crippen molar-refractivity contribution in [3.05, 3.63) is 65.0 Å². The van der Waals surface area contributed by atoms with Crippen molar-refractivity contribution in [1.29, 1.82) is 0 Å². The number of carbonyl (C=O) groups excluding carboxylic acids is 3. The van der Waals surface area contributed by atoms with Gasteiger partial charge in [0.15, 0.2) is 0 Å².